The first-order valence-corrected chi connectivity index (χ1v) is 10.3. The summed E-state index contributed by atoms with van der Waals surface area (Å²) in [6, 6.07) is 15.7. The maximum atomic E-state index is 12.6. The molecule has 0 atom stereocenters. The molecule has 0 spiro atoms. The average Bonchev–Trinajstić information content (AvgIpc) is 3.31. The van der Waals surface area contributed by atoms with E-state index in [2.05, 4.69) is 10.1 Å². The molecule has 174 valence electrons. The van der Waals surface area contributed by atoms with Crippen LogP contribution < -0.4 is 14.8 Å². The van der Waals surface area contributed by atoms with Gasteiger partial charge >= 0.3 is 5.97 Å². The van der Waals surface area contributed by atoms with Gasteiger partial charge in [0, 0.05) is 5.69 Å². The number of carbonyl (C=O) groups excluding carboxylic acids is 2. The fourth-order valence-electron chi connectivity index (χ4n) is 3.17. The number of benzene rings is 2. The second kappa shape index (κ2) is 10.9. The van der Waals surface area contributed by atoms with Crippen LogP contribution in [-0.2, 0) is 16.1 Å². The lowest BCUT2D eigenvalue weighted by Crippen LogP contribution is -2.14. The largest absolute Gasteiger partial charge is 0.493 e. The fraction of sp³-hybridized carbons (Fsp3) is 0.192. The van der Waals surface area contributed by atoms with Crippen LogP contribution in [0.25, 0.3) is 6.08 Å². The van der Waals surface area contributed by atoms with Crippen LogP contribution in [0.15, 0.2) is 58.5 Å². The highest BCUT2D eigenvalue weighted by Gasteiger charge is 2.14. The Morgan fingerprint density at radius 1 is 1.06 bits per heavy atom. The standard InChI is InChI=1S/C26H24N2O6/c1-16-5-8-21(17(2)11-16)28-25(29)19(14-27)12-18-6-9-22(24(13-18)31-3)33-15-20-7-10-23(34-20)26(30)32-4/h5-13H,15H2,1-4H3,(H,28,29)/b19-12+. The van der Waals surface area contributed by atoms with E-state index in [1.165, 1.54) is 26.4 Å². The molecule has 0 saturated heterocycles. The first-order valence-electron chi connectivity index (χ1n) is 10.3. The molecule has 8 nitrogen and oxygen atoms in total. The maximum absolute atomic E-state index is 12.6. The molecule has 1 heterocycles. The number of methoxy groups -OCH3 is 2. The number of ether oxygens (including phenoxy) is 3. The maximum Gasteiger partial charge on any atom is 0.373 e. The monoisotopic (exact) mass is 460 g/mol. The number of furan rings is 1. The van der Waals surface area contributed by atoms with Crippen molar-refractivity contribution in [3.8, 4) is 17.6 Å². The average molecular weight is 460 g/mol. The molecule has 0 fully saturated rings. The van der Waals surface area contributed by atoms with Crippen molar-refractivity contribution in [2.75, 3.05) is 19.5 Å². The van der Waals surface area contributed by atoms with Crippen molar-refractivity contribution in [3.05, 3.63) is 82.3 Å². The minimum Gasteiger partial charge on any atom is -0.493 e. The van der Waals surface area contributed by atoms with E-state index < -0.39 is 11.9 Å². The summed E-state index contributed by atoms with van der Waals surface area (Å²) in [5.74, 6) is 0.259. The molecule has 0 aliphatic heterocycles. The van der Waals surface area contributed by atoms with Crippen molar-refractivity contribution in [1.29, 1.82) is 5.26 Å². The summed E-state index contributed by atoms with van der Waals surface area (Å²) in [6.45, 7) is 3.92. The highest BCUT2D eigenvalue weighted by molar-refractivity contribution is 6.10. The third kappa shape index (κ3) is 5.84. The molecular weight excluding hydrogens is 436 g/mol. The van der Waals surface area contributed by atoms with Gasteiger partial charge in [-0.15, -0.1) is 0 Å². The van der Waals surface area contributed by atoms with Crippen molar-refractivity contribution in [2.24, 2.45) is 0 Å². The van der Waals surface area contributed by atoms with Gasteiger partial charge in [0.2, 0.25) is 5.76 Å². The Bertz CT molecular complexity index is 1280. The van der Waals surface area contributed by atoms with E-state index in [-0.39, 0.29) is 17.9 Å². The normalized spacial score (nSPS) is 10.9. The third-order valence-electron chi connectivity index (χ3n) is 4.91. The molecule has 0 saturated carbocycles. The molecule has 0 aliphatic rings. The summed E-state index contributed by atoms with van der Waals surface area (Å²) < 4.78 is 21.1. The molecule has 34 heavy (non-hydrogen) atoms. The van der Waals surface area contributed by atoms with E-state index in [4.69, 9.17) is 13.9 Å². The summed E-state index contributed by atoms with van der Waals surface area (Å²) in [6.07, 6.45) is 1.47. The zero-order chi connectivity index (χ0) is 24.7. The number of nitrogens with zero attached hydrogens (tertiary/aromatic N) is 1. The van der Waals surface area contributed by atoms with Crippen LogP contribution in [0.3, 0.4) is 0 Å². The zero-order valence-electron chi connectivity index (χ0n) is 19.3. The number of rotatable bonds is 8. The quantitative estimate of drug-likeness (QED) is 0.292. The number of carbonyl (C=O) groups is 2. The van der Waals surface area contributed by atoms with Crippen LogP contribution in [0, 0.1) is 25.2 Å². The Morgan fingerprint density at radius 2 is 1.85 bits per heavy atom. The van der Waals surface area contributed by atoms with E-state index in [9.17, 15) is 14.9 Å². The summed E-state index contributed by atoms with van der Waals surface area (Å²) in [5.41, 5.74) is 3.16. The summed E-state index contributed by atoms with van der Waals surface area (Å²) in [5, 5.41) is 12.3. The highest BCUT2D eigenvalue weighted by Crippen LogP contribution is 2.30. The van der Waals surface area contributed by atoms with Gasteiger partial charge in [0.25, 0.3) is 5.91 Å². The van der Waals surface area contributed by atoms with E-state index in [1.54, 1.807) is 30.3 Å². The third-order valence-corrected chi connectivity index (χ3v) is 4.91. The second-order valence-electron chi connectivity index (χ2n) is 7.40. The van der Waals surface area contributed by atoms with Gasteiger partial charge in [0.05, 0.1) is 14.2 Å². The minimum absolute atomic E-state index is 0.0541. The molecule has 8 heteroatoms. The summed E-state index contributed by atoms with van der Waals surface area (Å²) in [4.78, 5) is 24.1. The van der Waals surface area contributed by atoms with E-state index in [0.29, 0.717) is 28.5 Å². The molecule has 1 aromatic heterocycles. The van der Waals surface area contributed by atoms with E-state index in [1.807, 2.05) is 32.0 Å². The molecule has 0 bridgehead atoms. The number of nitrogens with one attached hydrogen (secondary N) is 1. The smallest absolute Gasteiger partial charge is 0.373 e. The molecule has 3 aromatic rings. The molecule has 1 amide bonds. The number of amides is 1. The molecule has 3 rings (SSSR count). The van der Waals surface area contributed by atoms with Crippen molar-refractivity contribution in [3.63, 3.8) is 0 Å². The molecular formula is C26H24N2O6. The van der Waals surface area contributed by atoms with Gasteiger partial charge < -0.3 is 23.9 Å². The van der Waals surface area contributed by atoms with Gasteiger partial charge in [-0.05, 0) is 61.4 Å². The van der Waals surface area contributed by atoms with Gasteiger partial charge in [-0.3, -0.25) is 4.79 Å². The zero-order valence-corrected chi connectivity index (χ0v) is 19.3. The predicted octanol–water partition coefficient (Wildman–Crippen LogP) is 4.82. The molecule has 0 unspecified atom stereocenters. The lowest BCUT2D eigenvalue weighted by Gasteiger charge is -2.11. The Kier molecular flexibility index (Phi) is 7.72. The Hall–Kier alpha value is -4.51. The molecule has 0 radical (unpaired) electrons. The lowest BCUT2D eigenvalue weighted by atomic mass is 10.1. The first-order chi connectivity index (χ1) is 16.3. The van der Waals surface area contributed by atoms with Crippen LogP contribution in [0.5, 0.6) is 11.5 Å². The van der Waals surface area contributed by atoms with Crippen LogP contribution in [0.2, 0.25) is 0 Å². The van der Waals surface area contributed by atoms with Gasteiger partial charge in [-0.1, -0.05) is 23.8 Å². The van der Waals surface area contributed by atoms with Crippen molar-refractivity contribution >= 4 is 23.6 Å². The summed E-state index contributed by atoms with van der Waals surface area (Å²) >= 11 is 0. The predicted molar refractivity (Wildman–Crippen MR) is 126 cm³/mol. The molecule has 2 aromatic carbocycles. The van der Waals surface area contributed by atoms with Crippen LogP contribution >= 0.6 is 0 Å². The van der Waals surface area contributed by atoms with Crippen molar-refractivity contribution in [1.82, 2.24) is 0 Å². The van der Waals surface area contributed by atoms with E-state index in [0.717, 1.165) is 11.1 Å². The Labute approximate surface area is 197 Å². The molecule has 1 N–H and O–H groups in total. The van der Waals surface area contributed by atoms with Gasteiger partial charge in [-0.2, -0.15) is 5.26 Å². The summed E-state index contributed by atoms with van der Waals surface area (Å²) in [7, 11) is 2.75. The Balaban J connectivity index is 1.74. The van der Waals surface area contributed by atoms with Crippen molar-refractivity contribution in [2.45, 2.75) is 20.5 Å². The fourth-order valence-corrected chi connectivity index (χ4v) is 3.17. The van der Waals surface area contributed by atoms with Crippen LogP contribution in [0.1, 0.15) is 33.0 Å². The topological polar surface area (TPSA) is 111 Å². The highest BCUT2D eigenvalue weighted by atomic mass is 16.5. The van der Waals surface area contributed by atoms with Crippen molar-refractivity contribution < 1.29 is 28.2 Å². The number of nitriles is 1. The lowest BCUT2D eigenvalue weighted by molar-refractivity contribution is -0.112. The minimum atomic E-state index is -0.574. The number of hydrogen-bond acceptors (Lipinski definition) is 7. The van der Waals surface area contributed by atoms with Gasteiger partial charge in [0.15, 0.2) is 11.5 Å². The SMILES string of the molecule is COC(=O)c1ccc(COc2ccc(/C=C(\C#N)C(=O)Nc3ccc(C)cc3C)cc2OC)o1. The molecule has 0 aliphatic carbocycles. The number of anilines is 1. The number of hydrogen-bond donors (Lipinski definition) is 1. The van der Waals surface area contributed by atoms with Gasteiger partial charge in [-0.25, -0.2) is 4.79 Å². The first kappa shape index (κ1) is 24.1. The van der Waals surface area contributed by atoms with Gasteiger partial charge in [0.1, 0.15) is 24.0 Å². The van der Waals surface area contributed by atoms with E-state index >= 15 is 0 Å². The number of esters is 1. The van der Waals surface area contributed by atoms with Crippen LogP contribution in [0.4, 0.5) is 5.69 Å². The number of aryl methyl sites for hydroxylation is 2. The van der Waals surface area contributed by atoms with Crippen LogP contribution in [-0.4, -0.2) is 26.1 Å². The second-order valence-corrected chi connectivity index (χ2v) is 7.40. The Morgan fingerprint density at radius 3 is 2.53 bits per heavy atom.